The van der Waals surface area contributed by atoms with Crippen LogP contribution in [0.2, 0.25) is 0 Å². The van der Waals surface area contributed by atoms with Gasteiger partial charge in [-0.15, -0.1) is 6.58 Å². The van der Waals surface area contributed by atoms with Crippen molar-refractivity contribution >= 4 is 11.8 Å². The van der Waals surface area contributed by atoms with Gasteiger partial charge in [0.25, 0.3) is 0 Å². The Kier molecular flexibility index (Phi) is 5.38. The van der Waals surface area contributed by atoms with Crippen LogP contribution < -0.4 is 0 Å². The minimum Gasteiger partial charge on any atom is -0.377 e. The Bertz CT molecular complexity index is 578. The van der Waals surface area contributed by atoms with Gasteiger partial charge in [0.2, 0.25) is 0 Å². The van der Waals surface area contributed by atoms with Gasteiger partial charge in [0, 0.05) is 12.1 Å². The highest BCUT2D eigenvalue weighted by Crippen LogP contribution is 2.50. The Morgan fingerprint density at radius 3 is 2.67 bits per heavy atom. The molecule has 1 aromatic rings. The minimum absolute atomic E-state index is 0.165. The van der Waals surface area contributed by atoms with E-state index in [0.29, 0.717) is 12.0 Å². The van der Waals surface area contributed by atoms with Gasteiger partial charge in [0.05, 0.1) is 4.75 Å². The van der Waals surface area contributed by atoms with Crippen molar-refractivity contribution in [1.29, 1.82) is 0 Å². The normalized spacial score (nSPS) is 37.0. The fraction of sp³-hybridized carbons (Fsp3) is 0.600. The summed E-state index contributed by atoms with van der Waals surface area (Å²) in [7, 11) is 0. The number of allylic oxidation sites excluding steroid dienone is 1. The third kappa shape index (κ3) is 3.04. The summed E-state index contributed by atoms with van der Waals surface area (Å²) in [4.78, 5) is 2.32. The largest absolute Gasteiger partial charge is 0.377 e. The number of hydrogen-bond donors (Lipinski definition) is 1. The quantitative estimate of drug-likeness (QED) is 0.793. The molecular formula is C20H28FNOS. The second-order valence-electron chi connectivity index (χ2n) is 7.31. The van der Waals surface area contributed by atoms with Crippen LogP contribution in [0.5, 0.6) is 0 Å². The molecule has 0 radical (unpaired) electrons. The highest BCUT2D eigenvalue weighted by Gasteiger charge is 2.51. The molecule has 1 N–H and O–H groups in total. The first kappa shape index (κ1) is 18.0. The molecule has 1 aromatic carbocycles. The van der Waals surface area contributed by atoms with Crippen LogP contribution >= 0.6 is 11.8 Å². The summed E-state index contributed by atoms with van der Waals surface area (Å²) < 4.78 is 13.1. The molecule has 0 saturated carbocycles. The Hall–Kier alpha value is -0.840. The maximum Gasteiger partial charge on any atom is 0.123 e. The molecule has 24 heavy (non-hydrogen) atoms. The number of aliphatic hydroxyl groups is 1. The number of hydrogen-bond acceptors (Lipinski definition) is 3. The fourth-order valence-corrected chi connectivity index (χ4v) is 5.57. The van der Waals surface area contributed by atoms with Crippen molar-refractivity contribution in [3.05, 3.63) is 48.3 Å². The molecule has 2 aliphatic heterocycles. The van der Waals surface area contributed by atoms with Crippen LogP contribution in [0.1, 0.15) is 50.6 Å². The lowest BCUT2D eigenvalue weighted by atomic mass is 9.75. The van der Waals surface area contributed by atoms with Crippen molar-refractivity contribution in [3.63, 3.8) is 0 Å². The zero-order valence-electron chi connectivity index (χ0n) is 14.6. The molecule has 4 heteroatoms. The van der Waals surface area contributed by atoms with E-state index in [2.05, 4.69) is 24.7 Å². The predicted octanol–water partition coefficient (Wildman–Crippen LogP) is 4.76. The molecule has 0 amide bonds. The summed E-state index contributed by atoms with van der Waals surface area (Å²) in [5, 5.41) is 11.3. The van der Waals surface area contributed by atoms with Gasteiger partial charge in [-0.2, -0.15) is 11.8 Å². The Morgan fingerprint density at radius 1 is 1.33 bits per heavy atom. The van der Waals surface area contributed by atoms with Gasteiger partial charge in [0.15, 0.2) is 0 Å². The highest BCUT2D eigenvalue weighted by molar-refractivity contribution is 8.00. The van der Waals surface area contributed by atoms with E-state index >= 15 is 0 Å². The molecule has 5 atom stereocenters. The third-order valence-electron chi connectivity index (χ3n) is 6.06. The second-order valence-corrected chi connectivity index (χ2v) is 8.53. The Morgan fingerprint density at radius 2 is 2.04 bits per heavy atom. The van der Waals surface area contributed by atoms with Crippen LogP contribution in [0.15, 0.2) is 36.9 Å². The number of nitrogens with zero attached hydrogens (tertiary/aromatic N) is 1. The first-order chi connectivity index (χ1) is 11.5. The van der Waals surface area contributed by atoms with Crippen LogP contribution in [0.4, 0.5) is 4.39 Å². The van der Waals surface area contributed by atoms with E-state index < -0.39 is 6.23 Å². The molecule has 0 aliphatic carbocycles. The molecule has 2 aliphatic rings. The van der Waals surface area contributed by atoms with Gasteiger partial charge in [-0.25, -0.2) is 4.39 Å². The maximum atomic E-state index is 13.3. The number of rotatable bonds is 4. The molecule has 2 saturated heterocycles. The predicted molar refractivity (Wildman–Crippen MR) is 99.5 cm³/mol. The molecule has 132 valence electrons. The van der Waals surface area contributed by atoms with E-state index in [9.17, 15) is 9.50 Å². The minimum atomic E-state index is -0.498. The Balaban J connectivity index is 1.96. The SMILES string of the molecule is C=CC[C@]1(SC)CC[C@@H]2[C@@H](C)CC[C@H](c3ccc(F)cc3)N2[C@H]1O. The topological polar surface area (TPSA) is 23.5 Å². The number of benzene rings is 1. The summed E-state index contributed by atoms with van der Waals surface area (Å²) in [5.41, 5.74) is 1.11. The second kappa shape index (κ2) is 7.19. The Labute approximate surface area is 149 Å². The van der Waals surface area contributed by atoms with Gasteiger partial charge in [-0.05, 0) is 62.0 Å². The molecule has 2 nitrogen and oxygen atoms in total. The molecular weight excluding hydrogens is 321 g/mol. The fourth-order valence-electron chi connectivity index (χ4n) is 4.63. The standard InChI is InChI=1S/C20H28FNOS/c1-4-12-20(24-3)13-11-17-14(2)5-10-18(22(17)19(20)23)15-6-8-16(21)9-7-15/h4,6-9,14,17-19,23H,1,5,10-13H2,2-3H3/t14-,17+,18+,19-,20-/m0/s1. The average Bonchev–Trinajstić information content (AvgIpc) is 2.59. The molecule has 0 unspecified atom stereocenters. The van der Waals surface area contributed by atoms with Crippen molar-refractivity contribution in [2.24, 2.45) is 5.92 Å². The molecule has 2 fully saturated rings. The summed E-state index contributed by atoms with van der Waals surface area (Å²) in [6.45, 7) is 6.20. The third-order valence-corrected chi connectivity index (χ3v) is 7.46. The van der Waals surface area contributed by atoms with Crippen LogP contribution in [0.3, 0.4) is 0 Å². The lowest BCUT2D eigenvalue weighted by Gasteiger charge is -2.57. The summed E-state index contributed by atoms with van der Waals surface area (Å²) in [6.07, 6.45) is 8.62. The summed E-state index contributed by atoms with van der Waals surface area (Å²) in [5.74, 6) is 0.378. The van der Waals surface area contributed by atoms with E-state index in [0.717, 1.165) is 37.7 Å². The van der Waals surface area contributed by atoms with Crippen LogP contribution in [-0.2, 0) is 0 Å². The molecule has 3 rings (SSSR count). The van der Waals surface area contributed by atoms with Crippen molar-refractivity contribution in [3.8, 4) is 0 Å². The van der Waals surface area contributed by atoms with E-state index in [4.69, 9.17) is 0 Å². The lowest BCUT2D eigenvalue weighted by molar-refractivity contribution is -0.134. The van der Waals surface area contributed by atoms with Gasteiger partial charge >= 0.3 is 0 Å². The highest BCUT2D eigenvalue weighted by atomic mass is 32.2. The first-order valence-electron chi connectivity index (χ1n) is 8.89. The van der Waals surface area contributed by atoms with E-state index in [1.165, 1.54) is 12.1 Å². The zero-order chi connectivity index (χ0) is 17.3. The maximum absolute atomic E-state index is 13.3. The van der Waals surface area contributed by atoms with Gasteiger partial charge in [-0.3, -0.25) is 4.90 Å². The molecule has 0 bridgehead atoms. The number of aliphatic hydroxyl groups excluding tert-OH is 1. The van der Waals surface area contributed by atoms with E-state index in [-0.39, 0.29) is 16.6 Å². The van der Waals surface area contributed by atoms with Crippen molar-refractivity contribution in [2.75, 3.05) is 6.26 Å². The lowest BCUT2D eigenvalue weighted by Crippen LogP contribution is -2.62. The van der Waals surface area contributed by atoms with Crippen molar-refractivity contribution in [2.45, 2.75) is 62.1 Å². The van der Waals surface area contributed by atoms with Crippen LogP contribution in [0.25, 0.3) is 0 Å². The van der Waals surface area contributed by atoms with Gasteiger partial charge in [-0.1, -0.05) is 25.1 Å². The number of fused-ring (bicyclic) bond motifs is 1. The number of piperidine rings is 2. The molecule has 0 spiro atoms. The molecule has 2 heterocycles. The van der Waals surface area contributed by atoms with E-state index in [1.54, 1.807) is 11.8 Å². The summed E-state index contributed by atoms with van der Waals surface area (Å²) >= 11 is 1.76. The van der Waals surface area contributed by atoms with E-state index in [1.807, 2.05) is 18.2 Å². The number of halogens is 1. The average molecular weight is 350 g/mol. The van der Waals surface area contributed by atoms with Crippen LogP contribution in [-0.4, -0.2) is 33.3 Å². The first-order valence-corrected chi connectivity index (χ1v) is 10.1. The summed E-state index contributed by atoms with van der Waals surface area (Å²) in [6, 6.07) is 7.38. The van der Waals surface area contributed by atoms with Crippen molar-refractivity contribution in [1.82, 2.24) is 4.90 Å². The van der Waals surface area contributed by atoms with Crippen molar-refractivity contribution < 1.29 is 9.50 Å². The monoisotopic (exact) mass is 349 g/mol. The van der Waals surface area contributed by atoms with Gasteiger partial charge in [0.1, 0.15) is 12.0 Å². The van der Waals surface area contributed by atoms with Gasteiger partial charge < -0.3 is 5.11 Å². The zero-order valence-corrected chi connectivity index (χ0v) is 15.4. The smallest absolute Gasteiger partial charge is 0.123 e. The van der Waals surface area contributed by atoms with Crippen LogP contribution in [0, 0.1) is 11.7 Å². The number of thioether (sulfide) groups is 1. The molecule has 0 aromatic heterocycles.